The fourth-order valence-corrected chi connectivity index (χ4v) is 2.71. The van der Waals surface area contributed by atoms with Gasteiger partial charge in [0.2, 0.25) is 5.91 Å². The van der Waals surface area contributed by atoms with Gasteiger partial charge in [0.15, 0.2) is 6.61 Å². The van der Waals surface area contributed by atoms with Gasteiger partial charge in [-0.3, -0.25) is 14.5 Å². The van der Waals surface area contributed by atoms with Crippen LogP contribution in [0.3, 0.4) is 0 Å². The van der Waals surface area contributed by atoms with Gasteiger partial charge < -0.3 is 15.0 Å². The lowest BCUT2D eigenvalue weighted by atomic mass is 10.1. The van der Waals surface area contributed by atoms with Gasteiger partial charge in [0, 0.05) is 32.7 Å². The molecule has 6 heteroatoms. The van der Waals surface area contributed by atoms with Crippen molar-refractivity contribution >= 4 is 11.8 Å². The van der Waals surface area contributed by atoms with E-state index in [0.717, 1.165) is 16.9 Å². The van der Waals surface area contributed by atoms with Crippen molar-refractivity contribution in [2.24, 2.45) is 0 Å². The number of rotatable bonds is 6. The SMILES string of the molecule is CCNC(=O)CN1CCN(C(=O)COc2cc(C)ccc2C)CC1. The molecular formula is C18H27N3O3. The highest BCUT2D eigenvalue weighted by Crippen LogP contribution is 2.19. The molecule has 132 valence electrons. The van der Waals surface area contributed by atoms with E-state index in [-0.39, 0.29) is 18.4 Å². The van der Waals surface area contributed by atoms with Crippen LogP contribution in [0.4, 0.5) is 0 Å². The Hall–Kier alpha value is -2.08. The summed E-state index contributed by atoms with van der Waals surface area (Å²) >= 11 is 0. The zero-order valence-corrected chi connectivity index (χ0v) is 14.8. The van der Waals surface area contributed by atoms with E-state index in [2.05, 4.69) is 10.2 Å². The van der Waals surface area contributed by atoms with Crippen molar-refractivity contribution in [3.05, 3.63) is 29.3 Å². The van der Waals surface area contributed by atoms with Crippen molar-refractivity contribution in [1.29, 1.82) is 0 Å². The Morgan fingerprint density at radius 2 is 1.88 bits per heavy atom. The van der Waals surface area contributed by atoms with Crippen LogP contribution in [0, 0.1) is 13.8 Å². The maximum atomic E-state index is 12.3. The van der Waals surface area contributed by atoms with Gasteiger partial charge in [-0.15, -0.1) is 0 Å². The molecule has 2 amide bonds. The van der Waals surface area contributed by atoms with Crippen LogP contribution >= 0.6 is 0 Å². The van der Waals surface area contributed by atoms with E-state index >= 15 is 0 Å². The molecule has 0 unspecified atom stereocenters. The van der Waals surface area contributed by atoms with E-state index in [1.54, 1.807) is 4.90 Å². The van der Waals surface area contributed by atoms with Gasteiger partial charge in [0.1, 0.15) is 5.75 Å². The summed E-state index contributed by atoms with van der Waals surface area (Å²) < 4.78 is 5.69. The lowest BCUT2D eigenvalue weighted by molar-refractivity contribution is -0.135. The first-order valence-corrected chi connectivity index (χ1v) is 8.46. The second kappa shape index (κ2) is 8.68. The lowest BCUT2D eigenvalue weighted by Crippen LogP contribution is -2.52. The quantitative estimate of drug-likeness (QED) is 0.842. The highest BCUT2D eigenvalue weighted by atomic mass is 16.5. The number of piperazine rings is 1. The summed E-state index contributed by atoms with van der Waals surface area (Å²) in [5.74, 6) is 0.794. The average Bonchev–Trinajstić information content (AvgIpc) is 2.56. The van der Waals surface area contributed by atoms with Crippen LogP contribution in [0.5, 0.6) is 5.75 Å². The smallest absolute Gasteiger partial charge is 0.260 e. The molecule has 0 bridgehead atoms. The Morgan fingerprint density at radius 1 is 1.17 bits per heavy atom. The van der Waals surface area contributed by atoms with E-state index in [1.165, 1.54) is 0 Å². The molecule has 2 rings (SSSR count). The fourth-order valence-electron chi connectivity index (χ4n) is 2.71. The number of nitrogens with zero attached hydrogens (tertiary/aromatic N) is 2. The molecule has 1 aliphatic heterocycles. The fraction of sp³-hybridized carbons (Fsp3) is 0.556. The number of ether oxygens (including phenoxy) is 1. The Balaban J connectivity index is 1.76. The van der Waals surface area contributed by atoms with Crippen LogP contribution < -0.4 is 10.1 Å². The van der Waals surface area contributed by atoms with Gasteiger partial charge in [0.25, 0.3) is 5.91 Å². The van der Waals surface area contributed by atoms with E-state index in [9.17, 15) is 9.59 Å². The highest BCUT2D eigenvalue weighted by Gasteiger charge is 2.22. The summed E-state index contributed by atoms with van der Waals surface area (Å²) in [5.41, 5.74) is 2.14. The third-order valence-corrected chi connectivity index (χ3v) is 4.16. The van der Waals surface area contributed by atoms with Crippen LogP contribution in [0.2, 0.25) is 0 Å². The van der Waals surface area contributed by atoms with E-state index < -0.39 is 0 Å². The monoisotopic (exact) mass is 333 g/mol. The molecule has 0 radical (unpaired) electrons. The second-order valence-electron chi connectivity index (χ2n) is 6.17. The Morgan fingerprint density at radius 3 is 2.54 bits per heavy atom. The lowest BCUT2D eigenvalue weighted by Gasteiger charge is -2.34. The van der Waals surface area contributed by atoms with Crippen molar-refractivity contribution in [2.45, 2.75) is 20.8 Å². The van der Waals surface area contributed by atoms with Gasteiger partial charge in [0.05, 0.1) is 6.54 Å². The minimum Gasteiger partial charge on any atom is -0.483 e. The Labute approximate surface area is 143 Å². The van der Waals surface area contributed by atoms with Crippen LogP contribution in [-0.4, -0.2) is 67.5 Å². The van der Waals surface area contributed by atoms with Gasteiger partial charge in [-0.25, -0.2) is 0 Å². The molecule has 1 fully saturated rings. The summed E-state index contributed by atoms with van der Waals surface area (Å²) in [4.78, 5) is 27.8. The van der Waals surface area contributed by atoms with Gasteiger partial charge >= 0.3 is 0 Å². The van der Waals surface area contributed by atoms with Crippen molar-refractivity contribution in [3.8, 4) is 5.75 Å². The van der Waals surface area contributed by atoms with Gasteiger partial charge in [-0.2, -0.15) is 0 Å². The van der Waals surface area contributed by atoms with Crippen molar-refractivity contribution in [2.75, 3.05) is 45.9 Å². The predicted molar refractivity (Wildman–Crippen MR) is 93.1 cm³/mol. The summed E-state index contributed by atoms with van der Waals surface area (Å²) in [6.07, 6.45) is 0. The minimum atomic E-state index is -0.00596. The molecule has 1 aromatic rings. The van der Waals surface area contributed by atoms with Crippen LogP contribution in [0.1, 0.15) is 18.1 Å². The third kappa shape index (κ3) is 5.23. The Kier molecular flexibility index (Phi) is 6.61. The molecule has 1 heterocycles. The predicted octanol–water partition coefficient (Wildman–Crippen LogP) is 0.963. The summed E-state index contributed by atoms with van der Waals surface area (Å²) in [7, 11) is 0. The number of hydrogen-bond acceptors (Lipinski definition) is 4. The van der Waals surface area contributed by atoms with Gasteiger partial charge in [-0.1, -0.05) is 12.1 Å². The van der Waals surface area contributed by atoms with Crippen LogP contribution in [0.15, 0.2) is 18.2 Å². The van der Waals surface area contributed by atoms with Crippen molar-refractivity contribution in [1.82, 2.24) is 15.1 Å². The summed E-state index contributed by atoms with van der Waals surface area (Å²) in [6, 6.07) is 5.97. The second-order valence-corrected chi connectivity index (χ2v) is 6.17. The zero-order chi connectivity index (χ0) is 17.5. The number of aryl methyl sites for hydroxylation is 2. The molecule has 1 saturated heterocycles. The zero-order valence-electron chi connectivity index (χ0n) is 14.8. The summed E-state index contributed by atoms with van der Waals surface area (Å²) in [6.45, 7) is 9.68. The van der Waals surface area contributed by atoms with Crippen LogP contribution in [0.25, 0.3) is 0 Å². The number of nitrogens with one attached hydrogen (secondary N) is 1. The average molecular weight is 333 g/mol. The maximum Gasteiger partial charge on any atom is 0.260 e. The van der Waals surface area contributed by atoms with Gasteiger partial charge in [-0.05, 0) is 38.0 Å². The number of amides is 2. The standard InChI is InChI=1S/C18H27N3O3/c1-4-19-17(22)12-20-7-9-21(10-8-20)18(23)13-24-16-11-14(2)5-6-15(16)3/h5-6,11H,4,7-10,12-13H2,1-3H3,(H,19,22). The topological polar surface area (TPSA) is 61.9 Å². The number of hydrogen-bond donors (Lipinski definition) is 1. The molecule has 1 aliphatic rings. The minimum absolute atomic E-state index is 0.00596. The van der Waals surface area contributed by atoms with E-state index in [1.807, 2.05) is 39.0 Å². The molecule has 0 atom stereocenters. The van der Waals surface area contributed by atoms with Crippen LogP contribution in [-0.2, 0) is 9.59 Å². The molecule has 1 N–H and O–H groups in total. The number of benzene rings is 1. The normalized spacial score (nSPS) is 15.2. The van der Waals surface area contributed by atoms with E-state index in [4.69, 9.17) is 4.74 Å². The molecule has 24 heavy (non-hydrogen) atoms. The van der Waals surface area contributed by atoms with Crippen molar-refractivity contribution < 1.29 is 14.3 Å². The molecule has 0 aromatic heterocycles. The molecule has 0 aliphatic carbocycles. The maximum absolute atomic E-state index is 12.3. The van der Waals surface area contributed by atoms with E-state index in [0.29, 0.717) is 39.3 Å². The number of carbonyl (C=O) groups is 2. The molecule has 0 saturated carbocycles. The molecule has 0 spiro atoms. The first-order valence-electron chi connectivity index (χ1n) is 8.46. The summed E-state index contributed by atoms with van der Waals surface area (Å²) in [5, 5.41) is 2.79. The first kappa shape index (κ1) is 18.3. The number of likely N-dealkylation sites (N-methyl/N-ethyl adjacent to an activating group) is 1. The molecule has 1 aromatic carbocycles. The molecule has 6 nitrogen and oxygen atoms in total. The third-order valence-electron chi connectivity index (χ3n) is 4.16. The largest absolute Gasteiger partial charge is 0.483 e. The first-order chi connectivity index (χ1) is 11.5. The molecular weight excluding hydrogens is 306 g/mol. The highest BCUT2D eigenvalue weighted by molar-refractivity contribution is 5.79. The number of carbonyl (C=O) groups excluding carboxylic acids is 2. The van der Waals surface area contributed by atoms with Crippen molar-refractivity contribution in [3.63, 3.8) is 0 Å². The Bertz CT molecular complexity index is 581.